The molecule has 3 rings (SSSR count). The van der Waals surface area contributed by atoms with Gasteiger partial charge in [0.25, 0.3) is 11.6 Å². The van der Waals surface area contributed by atoms with E-state index in [0.717, 1.165) is 5.56 Å². The van der Waals surface area contributed by atoms with Crippen molar-refractivity contribution in [3.63, 3.8) is 0 Å². The van der Waals surface area contributed by atoms with Crippen molar-refractivity contribution in [2.75, 3.05) is 6.61 Å². The summed E-state index contributed by atoms with van der Waals surface area (Å²) in [6, 6.07) is 15.3. The van der Waals surface area contributed by atoms with E-state index in [1.54, 1.807) is 43.3 Å². The number of amides is 1. The second-order valence-electron chi connectivity index (χ2n) is 6.00. The van der Waals surface area contributed by atoms with Crippen LogP contribution in [0.4, 0.5) is 5.69 Å². The molecule has 1 heterocycles. The molecule has 1 amide bonds. The summed E-state index contributed by atoms with van der Waals surface area (Å²) < 4.78 is 10.6. The zero-order valence-electron chi connectivity index (χ0n) is 15.9. The van der Waals surface area contributed by atoms with Crippen molar-refractivity contribution in [2.45, 2.75) is 6.92 Å². The average molecular weight is 407 g/mol. The van der Waals surface area contributed by atoms with Crippen LogP contribution in [-0.2, 0) is 4.74 Å². The maximum atomic E-state index is 12.0. The van der Waals surface area contributed by atoms with Crippen molar-refractivity contribution in [3.8, 4) is 11.3 Å². The summed E-state index contributed by atoms with van der Waals surface area (Å²) in [6.07, 6.45) is 1.33. The number of nitrogens with zero attached hydrogens (tertiary/aromatic N) is 2. The number of nitro groups is 1. The van der Waals surface area contributed by atoms with Gasteiger partial charge in [-0.1, -0.05) is 12.1 Å². The number of benzene rings is 2. The van der Waals surface area contributed by atoms with E-state index in [9.17, 15) is 19.7 Å². The van der Waals surface area contributed by atoms with Crippen molar-refractivity contribution in [3.05, 3.63) is 87.7 Å². The summed E-state index contributed by atoms with van der Waals surface area (Å²) in [4.78, 5) is 33.8. The first-order chi connectivity index (χ1) is 14.5. The predicted octanol–water partition coefficient (Wildman–Crippen LogP) is 3.80. The lowest BCUT2D eigenvalue weighted by Crippen LogP contribution is -2.17. The van der Waals surface area contributed by atoms with E-state index in [1.807, 2.05) is 0 Å². The number of hydrogen-bond donors (Lipinski definition) is 1. The number of esters is 1. The van der Waals surface area contributed by atoms with Gasteiger partial charge < -0.3 is 9.15 Å². The summed E-state index contributed by atoms with van der Waals surface area (Å²) in [5.41, 5.74) is 3.67. The van der Waals surface area contributed by atoms with E-state index >= 15 is 0 Å². The van der Waals surface area contributed by atoms with Gasteiger partial charge in [-0.25, -0.2) is 10.2 Å². The summed E-state index contributed by atoms with van der Waals surface area (Å²) >= 11 is 0. The zero-order valence-corrected chi connectivity index (χ0v) is 15.9. The molecule has 0 unspecified atom stereocenters. The highest BCUT2D eigenvalue weighted by Crippen LogP contribution is 2.22. The minimum Gasteiger partial charge on any atom is -0.462 e. The zero-order chi connectivity index (χ0) is 21.5. The van der Waals surface area contributed by atoms with Crippen LogP contribution >= 0.6 is 0 Å². The Morgan fingerprint density at radius 2 is 1.73 bits per heavy atom. The second kappa shape index (κ2) is 9.28. The standard InChI is InChI=1S/C21H17N3O6/c1-2-29-21(26)16-5-3-14(4-6-16)19-12-11-18(30-19)13-22-23-20(25)15-7-9-17(10-8-15)24(27)28/h3-13H,2H2,1H3,(H,23,25)/b22-13-. The van der Waals surface area contributed by atoms with Crippen molar-refractivity contribution in [1.29, 1.82) is 0 Å². The van der Waals surface area contributed by atoms with Crippen LogP contribution in [0.5, 0.6) is 0 Å². The number of non-ortho nitro benzene ring substituents is 1. The van der Waals surface area contributed by atoms with Gasteiger partial charge in [-0.05, 0) is 43.3 Å². The van der Waals surface area contributed by atoms with Crippen LogP contribution in [0.2, 0.25) is 0 Å². The number of rotatable bonds is 7. The highest BCUT2D eigenvalue weighted by molar-refractivity contribution is 5.95. The summed E-state index contributed by atoms with van der Waals surface area (Å²) in [7, 11) is 0. The summed E-state index contributed by atoms with van der Waals surface area (Å²) in [5.74, 6) is 0.0691. The molecule has 0 saturated carbocycles. The number of carbonyl (C=O) groups is 2. The third-order valence-corrected chi connectivity index (χ3v) is 4.01. The smallest absolute Gasteiger partial charge is 0.338 e. The Morgan fingerprint density at radius 3 is 2.37 bits per heavy atom. The molecule has 1 N–H and O–H groups in total. The monoisotopic (exact) mass is 407 g/mol. The quantitative estimate of drug-likeness (QED) is 0.275. The van der Waals surface area contributed by atoms with Crippen LogP contribution in [0.1, 0.15) is 33.4 Å². The normalized spacial score (nSPS) is 10.7. The molecule has 0 fully saturated rings. The van der Waals surface area contributed by atoms with Crippen LogP contribution in [0, 0.1) is 10.1 Å². The average Bonchev–Trinajstić information content (AvgIpc) is 3.23. The van der Waals surface area contributed by atoms with E-state index in [-0.39, 0.29) is 17.2 Å². The molecule has 2 aromatic carbocycles. The van der Waals surface area contributed by atoms with Crippen LogP contribution in [0.25, 0.3) is 11.3 Å². The fourth-order valence-electron chi connectivity index (χ4n) is 2.52. The molecule has 9 heteroatoms. The van der Waals surface area contributed by atoms with Crippen LogP contribution < -0.4 is 5.43 Å². The Bertz CT molecular complexity index is 1080. The Kier molecular flexibility index (Phi) is 6.33. The highest BCUT2D eigenvalue weighted by Gasteiger charge is 2.10. The van der Waals surface area contributed by atoms with E-state index < -0.39 is 10.8 Å². The summed E-state index contributed by atoms with van der Waals surface area (Å²) in [5, 5.41) is 14.5. The van der Waals surface area contributed by atoms with E-state index in [1.165, 1.54) is 30.5 Å². The largest absolute Gasteiger partial charge is 0.462 e. The number of ether oxygens (including phenoxy) is 1. The van der Waals surface area contributed by atoms with Gasteiger partial charge in [-0.15, -0.1) is 0 Å². The number of nitro benzene ring substituents is 1. The van der Waals surface area contributed by atoms with Gasteiger partial charge in [0.15, 0.2) is 0 Å². The van der Waals surface area contributed by atoms with Crippen molar-refractivity contribution < 1.29 is 23.7 Å². The lowest BCUT2D eigenvalue weighted by molar-refractivity contribution is -0.384. The topological polar surface area (TPSA) is 124 Å². The molecule has 0 aliphatic carbocycles. The molecule has 1 aromatic heterocycles. The van der Waals surface area contributed by atoms with Crippen molar-refractivity contribution in [1.82, 2.24) is 5.43 Å². The number of hydrazone groups is 1. The van der Waals surface area contributed by atoms with E-state index in [2.05, 4.69) is 10.5 Å². The molecule has 3 aromatic rings. The fraction of sp³-hybridized carbons (Fsp3) is 0.0952. The first-order valence-corrected chi connectivity index (χ1v) is 8.93. The molecular weight excluding hydrogens is 390 g/mol. The minimum atomic E-state index is -0.543. The molecular formula is C21H17N3O6. The molecule has 0 saturated heterocycles. The van der Waals surface area contributed by atoms with Crippen LogP contribution in [0.15, 0.2) is 70.2 Å². The van der Waals surface area contributed by atoms with Gasteiger partial charge in [0.2, 0.25) is 0 Å². The third kappa shape index (κ3) is 4.96. The number of furan rings is 1. The molecule has 0 aliphatic heterocycles. The fourth-order valence-corrected chi connectivity index (χ4v) is 2.52. The Hall–Kier alpha value is -4.27. The van der Waals surface area contributed by atoms with Crippen molar-refractivity contribution in [2.24, 2.45) is 5.10 Å². The maximum Gasteiger partial charge on any atom is 0.338 e. The lowest BCUT2D eigenvalue weighted by Gasteiger charge is -2.02. The molecule has 30 heavy (non-hydrogen) atoms. The second-order valence-corrected chi connectivity index (χ2v) is 6.00. The van der Waals surface area contributed by atoms with E-state index in [0.29, 0.717) is 23.7 Å². The SMILES string of the molecule is CCOC(=O)c1ccc(-c2ccc(/C=N\NC(=O)c3ccc([N+](=O)[O-])cc3)o2)cc1. The number of nitrogens with one attached hydrogen (secondary N) is 1. The van der Waals surface area contributed by atoms with E-state index in [4.69, 9.17) is 9.15 Å². The van der Waals surface area contributed by atoms with Gasteiger partial charge in [-0.3, -0.25) is 14.9 Å². The van der Waals surface area contributed by atoms with Gasteiger partial charge in [-0.2, -0.15) is 5.10 Å². The molecule has 0 atom stereocenters. The minimum absolute atomic E-state index is 0.103. The Balaban J connectivity index is 1.61. The molecule has 0 spiro atoms. The molecule has 0 bridgehead atoms. The maximum absolute atomic E-state index is 12.0. The molecule has 152 valence electrons. The predicted molar refractivity (Wildman–Crippen MR) is 108 cm³/mol. The van der Waals surface area contributed by atoms with Gasteiger partial charge >= 0.3 is 5.97 Å². The Labute approximate surface area is 171 Å². The van der Waals surface area contributed by atoms with Gasteiger partial charge in [0.05, 0.1) is 23.3 Å². The first-order valence-electron chi connectivity index (χ1n) is 8.93. The van der Waals surface area contributed by atoms with Crippen molar-refractivity contribution >= 4 is 23.8 Å². The Morgan fingerprint density at radius 1 is 1.07 bits per heavy atom. The van der Waals surface area contributed by atoms with Gasteiger partial charge in [0.1, 0.15) is 11.5 Å². The lowest BCUT2D eigenvalue weighted by atomic mass is 10.1. The molecule has 9 nitrogen and oxygen atoms in total. The number of carbonyl (C=O) groups excluding carboxylic acids is 2. The molecule has 0 aliphatic rings. The summed E-state index contributed by atoms with van der Waals surface area (Å²) in [6.45, 7) is 2.05. The first kappa shape index (κ1) is 20.5. The number of hydrogen-bond acceptors (Lipinski definition) is 7. The molecule has 0 radical (unpaired) electrons. The van der Waals surface area contributed by atoms with Gasteiger partial charge in [0, 0.05) is 23.3 Å². The van der Waals surface area contributed by atoms with Crippen LogP contribution in [0.3, 0.4) is 0 Å². The highest BCUT2D eigenvalue weighted by atomic mass is 16.6. The third-order valence-electron chi connectivity index (χ3n) is 4.01. The van der Waals surface area contributed by atoms with Crippen LogP contribution in [-0.4, -0.2) is 29.6 Å².